The Morgan fingerprint density at radius 3 is 2.67 bits per heavy atom. The van der Waals surface area contributed by atoms with E-state index in [1.807, 2.05) is 0 Å². The molecule has 1 aliphatic rings. The van der Waals surface area contributed by atoms with Gasteiger partial charge in [-0.25, -0.2) is 0 Å². The molecule has 1 rings (SSSR count). The number of oxime groups is 1. The Morgan fingerprint density at radius 2 is 2.25 bits per heavy atom. The highest BCUT2D eigenvalue weighted by atomic mass is 16.6. The highest BCUT2D eigenvalue weighted by Crippen LogP contribution is 2.12. The quantitative estimate of drug-likeness (QED) is 0.538. The van der Waals surface area contributed by atoms with Crippen molar-refractivity contribution in [2.75, 3.05) is 0 Å². The summed E-state index contributed by atoms with van der Waals surface area (Å²) in [6.45, 7) is 0. The second-order valence-electron chi connectivity index (χ2n) is 2.50. The third kappa shape index (κ3) is 1.94. The Kier molecular flexibility index (Phi) is 2.27. The summed E-state index contributed by atoms with van der Waals surface area (Å²) in [5.74, 6) is -1.11. The van der Waals surface area contributed by atoms with Gasteiger partial charge in [0, 0.05) is 6.42 Å². The maximum Gasteiger partial charge on any atom is 0.266 e. The number of amides is 2. The molecule has 0 aliphatic carbocycles. The van der Waals surface area contributed by atoms with Crippen LogP contribution in [0, 0.1) is 0 Å². The van der Waals surface area contributed by atoms with E-state index in [1.54, 1.807) is 0 Å². The van der Waals surface area contributed by atoms with E-state index in [0.29, 0.717) is 0 Å². The number of rotatable bonds is 3. The molecular formula is C6H9N3O3. The second kappa shape index (κ2) is 3.21. The van der Waals surface area contributed by atoms with Crippen molar-refractivity contribution in [2.24, 2.45) is 16.6 Å². The summed E-state index contributed by atoms with van der Waals surface area (Å²) < 4.78 is 0. The lowest BCUT2D eigenvalue weighted by Gasteiger charge is -2.02. The Labute approximate surface area is 68.5 Å². The van der Waals surface area contributed by atoms with Crippen LogP contribution in [0.3, 0.4) is 0 Å². The number of nitrogens with two attached hydrogens (primary N) is 2. The van der Waals surface area contributed by atoms with Crippen molar-refractivity contribution in [1.29, 1.82) is 0 Å². The zero-order valence-corrected chi connectivity index (χ0v) is 6.32. The Balaban J connectivity index is 2.41. The summed E-state index contributed by atoms with van der Waals surface area (Å²) in [4.78, 5) is 25.7. The van der Waals surface area contributed by atoms with Gasteiger partial charge in [0.2, 0.25) is 5.91 Å². The van der Waals surface area contributed by atoms with Crippen LogP contribution in [0.1, 0.15) is 12.8 Å². The molecule has 12 heavy (non-hydrogen) atoms. The lowest BCUT2D eigenvalue weighted by molar-refractivity contribution is -0.120. The molecule has 0 aromatic heterocycles. The smallest absolute Gasteiger partial charge is 0.266 e. The van der Waals surface area contributed by atoms with Crippen LogP contribution in [-0.4, -0.2) is 23.6 Å². The molecule has 6 heteroatoms. The van der Waals surface area contributed by atoms with E-state index in [-0.39, 0.29) is 18.6 Å². The van der Waals surface area contributed by atoms with Gasteiger partial charge < -0.3 is 16.3 Å². The van der Waals surface area contributed by atoms with E-state index >= 15 is 0 Å². The predicted molar refractivity (Wildman–Crippen MR) is 39.9 cm³/mol. The van der Waals surface area contributed by atoms with Gasteiger partial charge in [-0.1, -0.05) is 5.16 Å². The van der Waals surface area contributed by atoms with Crippen LogP contribution >= 0.6 is 0 Å². The molecule has 0 fully saturated rings. The lowest BCUT2D eigenvalue weighted by atomic mass is 10.1. The van der Waals surface area contributed by atoms with Crippen molar-refractivity contribution in [3.63, 3.8) is 0 Å². The topological polar surface area (TPSA) is 108 Å². The molecule has 0 saturated heterocycles. The third-order valence-corrected chi connectivity index (χ3v) is 1.45. The fourth-order valence-electron chi connectivity index (χ4n) is 0.908. The van der Waals surface area contributed by atoms with Crippen LogP contribution in [0.4, 0.5) is 0 Å². The minimum absolute atomic E-state index is 0.0558. The summed E-state index contributed by atoms with van der Waals surface area (Å²) in [6.07, 6.45) is -0.108. The molecule has 0 aromatic rings. The minimum Gasteiger partial charge on any atom is -0.391 e. The highest BCUT2D eigenvalue weighted by Gasteiger charge is 2.25. The van der Waals surface area contributed by atoms with Crippen molar-refractivity contribution in [3.05, 3.63) is 0 Å². The van der Waals surface area contributed by atoms with E-state index in [9.17, 15) is 9.59 Å². The first-order chi connectivity index (χ1) is 5.59. The van der Waals surface area contributed by atoms with Crippen LogP contribution in [0.15, 0.2) is 5.16 Å². The van der Waals surface area contributed by atoms with E-state index in [1.165, 1.54) is 0 Å². The number of hydrogen-bond acceptors (Lipinski definition) is 4. The fourth-order valence-corrected chi connectivity index (χ4v) is 0.908. The Hall–Kier alpha value is -1.59. The average molecular weight is 171 g/mol. The summed E-state index contributed by atoms with van der Waals surface area (Å²) in [5, 5.41) is 3.40. The molecule has 0 radical (unpaired) electrons. The zero-order valence-electron chi connectivity index (χ0n) is 6.32. The fraction of sp³-hybridized carbons (Fsp3) is 0.500. The zero-order chi connectivity index (χ0) is 9.14. The van der Waals surface area contributed by atoms with Crippen LogP contribution in [-0.2, 0) is 14.4 Å². The van der Waals surface area contributed by atoms with Crippen LogP contribution in [0.2, 0.25) is 0 Å². The van der Waals surface area contributed by atoms with Crippen LogP contribution in [0.25, 0.3) is 0 Å². The minimum atomic E-state index is -0.623. The molecule has 0 bridgehead atoms. The van der Waals surface area contributed by atoms with E-state index in [4.69, 9.17) is 16.3 Å². The molecule has 4 N–H and O–H groups in total. The van der Waals surface area contributed by atoms with Gasteiger partial charge in [-0.3, -0.25) is 9.59 Å². The van der Waals surface area contributed by atoms with Gasteiger partial charge in [0.15, 0.2) is 0 Å². The molecule has 6 nitrogen and oxygen atoms in total. The number of hydrogen-bond donors (Lipinski definition) is 2. The van der Waals surface area contributed by atoms with Gasteiger partial charge in [-0.2, -0.15) is 0 Å². The maximum atomic E-state index is 10.5. The summed E-state index contributed by atoms with van der Waals surface area (Å²) >= 11 is 0. The molecule has 1 heterocycles. The third-order valence-electron chi connectivity index (χ3n) is 1.45. The van der Waals surface area contributed by atoms with Crippen molar-refractivity contribution in [1.82, 2.24) is 0 Å². The molecule has 1 atom stereocenters. The normalized spacial score (nSPS) is 21.3. The Bertz CT molecular complexity index is 248. The average Bonchev–Trinajstić information content (AvgIpc) is 2.34. The standard InChI is InChI=1S/C6H9N3O3/c7-5(10)2-3-1-4(6(8)11)9-12-3/h3H,1-2H2,(H2,7,10)(H2,8,11). The summed E-state index contributed by atoms with van der Waals surface area (Å²) in [5.41, 5.74) is 9.99. The molecule has 0 saturated carbocycles. The van der Waals surface area contributed by atoms with Gasteiger partial charge in [0.1, 0.15) is 11.8 Å². The van der Waals surface area contributed by atoms with E-state index in [0.717, 1.165) is 0 Å². The molecule has 1 unspecified atom stereocenters. The number of nitrogens with zero attached hydrogens (tertiary/aromatic N) is 1. The first-order valence-corrected chi connectivity index (χ1v) is 3.40. The SMILES string of the molecule is NC(=O)CC1CC(C(N)=O)=NO1. The van der Waals surface area contributed by atoms with Gasteiger partial charge in [-0.05, 0) is 0 Å². The lowest BCUT2D eigenvalue weighted by Crippen LogP contribution is -2.25. The number of carbonyl (C=O) groups is 2. The summed E-state index contributed by atoms with van der Waals surface area (Å²) in [6, 6.07) is 0. The van der Waals surface area contributed by atoms with Crippen molar-refractivity contribution in [2.45, 2.75) is 18.9 Å². The van der Waals surface area contributed by atoms with E-state index < -0.39 is 17.9 Å². The molecular weight excluding hydrogens is 162 g/mol. The summed E-state index contributed by atoms with van der Waals surface area (Å²) in [7, 11) is 0. The number of carbonyl (C=O) groups excluding carboxylic acids is 2. The van der Waals surface area contributed by atoms with Crippen molar-refractivity contribution in [3.8, 4) is 0 Å². The van der Waals surface area contributed by atoms with Crippen molar-refractivity contribution < 1.29 is 14.4 Å². The van der Waals surface area contributed by atoms with Gasteiger partial charge >= 0.3 is 0 Å². The Morgan fingerprint density at radius 1 is 1.58 bits per heavy atom. The second-order valence-corrected chi connectivity index (χ2v) is 2.50. The first kappa shape index (κ1) is 8.51. The molecule has 66 valence electrons. The monoisotopic (exact) mass is 171 g/mol. The molecule has 1 aliphatic heterocycles. The predicted octanol–water partition coefficient (Wildman–Crippen LogP) is -1.51. The highest BCUT2D eigenvalue weighted by molar-refractivity contribution is 6.38. The largest absolute Gasteiger partial charge is 0.391 e. The van der Waals surface area contributed by atoms with Crippen LogP contribution < -0.4 is 11.5 Å². The first-order valence-electron chi connectivity index (χ1n) is 3.40. The van der Waals surface area contributed by atoms with E-state index in [2.05, 4.69) is 5.16 Å². The molecule has 0 spiro atoms. The van der Waals surface area contributed by atoms with Gasteiger partial charge in [0.05, 0.1) is 6.42 Å². The number of primary amides is 2. The van der Waals surface area contributed by atoms with Gasteiger partial charge in [0.25, 0.3) is 5.91 Å². The van der Waals surface area contributed by atoms with Gasteiger partial charge in [-0.15, -0.1) is 0 Å². The van der Waals surface area contributed by atoms with Crippen molar-refractivity contribution >= 4 is 17.5 Å². The van der Waals surface area contributed by atoms with Crippen LogP contribution in [0.5, 0.6) is 0 Å². The molecule has 2 amide bonds. The molecule has 0 aromatic carbocycles. The maximum absolute atomic E-state index is 10.5.